The van der Waals surface area contributed by atoms with E-state index in [0.717, 1.165) is 16.6 Å². The molecule has 0 aliphatic rings. The number of hydrogen-bond acceptors (Lipinski definition) is 4. The molecule has 0 saturated heterocycles. The zero-order valence-electron chi connectivity index (χ0n) is 14.8. The Morgan fingerprint density at radius 1 is 1.25 bits per heavy atom. The lowest BCUT2D eigenvalue weighted by molar-refractivity contribution is 0.462. The van der Waals surface area contributed by atoms with E-state index in [1.54, 1.807) is 11.0 Å². The van der Waals surface area contributed by atoms with Crippen LogP contribution in [0.4, 0.5) is 4.39 Å². The zero-order chi connectivity index (χ0) is 19.8. The van der Waals surface area contributed by atoms with E-state index in [1.807, 2.05) is 23.7 Å². The molecule has 2 aromatic heterocycles. The van der Waals surface area contributed by atoms with Gasteiger partial charge >= 0.3 is 0 Å². The summed E-state index contributed by atoms with van der Waals surface area (Å²) >= 11 is 3.40. The molecule has 0 spiro atoms. The van der Waals surface area contributed by atoms with Crippen molar-refractivity contribution in [3.8, 4) is 5.75 Å². The van der Waals surface area contributed by atoms with Gasteiger partial charge in [-0.1, -0.05) is 0 Å². The minimum absolute atomic E-state index is 0.139. The van der Waals surface area contributed by atoms with Crippen molar-refractivity contribution in [3.63, 3.8) is 0 Å². The second-order valence-corrected chi connectivity index (χ2v) is 8.66. The first kappa shape index (κ1) is 18.8. The molecule has 9 heteroatoms. The molecule has 4 aromatic rings. The number of phenolic OH excluding ortho intramolecular Hbond substituents is 1. The van der Waals surface area contributed by atoms with Gasteiger partial charge in [-0.15, -0.1) is 0 Å². The SMILES string of the molecule is Cn1c(CS(=O)c2ccc(F)cc2)cc2c(Cn3cncn3)c(O)c(Br)cc21. The summed E-state index contributed by atoms with van der Waals surface area (Å²) in [5.41, 5.74) is 2.44. The summed E-state index contributed by atoms with van der Waals surface area (Å²) in [6.45, 7) is 0.353. The number of fused-ring (bicyclic) bond motifs is 1. The molecule has 1 atom stereocenters. The van der Waals surface area contributed by atoms with Gasteiger partial charge < -0.3 is 9.67 Å². The average Bonchev–Trinajstić information content (AvgIpc) is 3.29. The van der Waals surface area contributed by atoms with Crippen LogP contribution in [0.25, 0.3) is 10.9 Å². The van der Waals surface area contributed by atoms with Gasteiger partial charge in [-0.2, -0.15) is 5.10 Å². The molecule has 0 amide bonds. The van der Waals surface area contributed by atoms with Gasteiger partial charge in [0, 0.05) is 34.1 Å². The number of nitrogens with zero attached hydrogens (tertiary/aromatic N) is 4. The van der Waals surface area contributed by atoms with E-state index >= 15 is 0 Å². The van der Waals surface area contributed by atoms with Crippen LogP contribution in [0.5, 0.6) is 5.75 Å². The summed E-state index contributed by atoms with van der Waals surface area (Å²) < 4.78 is 30.0. The quantitative estimate of drug-likeness (QED) is 0.490. The molecule has 2 heterocycles. The van der Waals surface area contributed by atoms with E-state index in [0.29, 0.717) is 21.5 Å². The lowest BCUT2D eigenvalue weighted by Crippen LogP contribution is -2.02. The van der Waals surface area contributed by atoms with Gasteiger partial charge in [0.05, 0.1) is 27.6 Å². The molecule has 1 unspecified atom stereocenters. The summed E-state index contributed by atoms with van der Waals surface area (Å²) in [5.74, 6) is 0.0565. The molecule has 0 fully saturated rings. The standard InChI is InChI=1S/C19H16BrFN4O2S/c1-24-13(9-28(27)14-4-2-12(21)3-5-14)6-15-16(8-25-11-22-10-23-25)19(26)17(20)7-18(15)24/h2-7,10-11,26H,8-9H2,1H3. The maximum Gasteiger partial charge on any atom is 0.137 e. The van der Waals surface area contributed by atoms with Crippen molar-refractivity contribution < 1.29 is 13.7 Å². The summed E-state index contributed by atoms with van der Waals surface area (Å²) in [5, 5.41) is 15.5. The highest BCUT2D eigenvalue weighted by Gasteiger charge is 2.18. The molecule has 144 valence electrons. The third-order valence-corrected chi connectivity index (χ3v) is 6.58. The van der Waals surface area contributed by atoms with E-state index in [2.05, 4.69) is 26.0 Å². The molecule has 0 radical (unpaired) electrons. The van der Waals surface area contributed by atoms with Gasteiger partial charge in [-0.25, -0.2) is 14.1 Å². The van der Waals surface area contributed by atoms with Crippen molar-refractivity contribution in [3.05, 3.63) is 70.6 Å². The van der Waals surface area contributed by atoms with Crippen molar-refractivity contribution in [2.24, 2.45) is 7.05 Å². The number of phenols is 1. The Bertz CT molecular complexity index is 1170. The maximum atomic E-state index is 13.1. The molecule has 2 aromatic carbocycles. The van der Waals surface area contributed by atoms with Crippen molar-refractivity contribution in [1.29, 1.82) is 0 Å². The predicted molar refractivity (Wildman–Crippen MR) is 108 cm³/mol. The Kier molecular flexibility index (Phi) is 5.03. The number of aromatic nitrogens is 4. The lowest BCUT2D eigenvalue weighted by Gasteiger charge is -2.09. The number of hydrogen-bond donors (Lipinski definition) is 1. The average molecular weight is 463 g/mol. The van der Waals surface area contributed by atoms with Crippen LogP contribution in [0.1, 0.15) is 11.3 Å². The highest BCUT2D eigenvalue weighted by Crippen LogP contribution is 2.37. The van der Waals surface area contributed by atoms with Gasteiger partial charge in [-0.3, -0.25) is 4.21 Å². The Morgan fingerprint density at radius 3 is 2.68 bits per heavy atom. The minimum atomic E-state index is -1.32. The van der Waals surface area contributed by atoms with Crippen LogP contribution in [-0.2, 0) is 30.1 Å². The van der Waals surface area contributed by atoms with Crippen molar-refractivity contribution in [2.75, 3.05) is 0 Å². The van der Waals surface area contributed by atoms with Gasteiger partial charge in [0.15, 0.2) is 0 Å². The largest absolute Gasteiger partial charge is 0.506 e. The number of rotatable bonds is 5. The number of aryl methyl sites for hydroxylation is 1. The molecular formula is C19H16BrFN4O2S. The first-order valence-corrected chi connectivity index (χ1v) is 10.5. The maximum absolute atomic E-state index is 13.1. The first-order valence-electron chi connectivity index (χ1n) is 8.39. The molecule has 1 N–H and O–H groups in total. The number of aromatic hydroxyl groups is 1. The van der Waals surface area contributed by atoms with Crippen LogP contribution >= 0.6 is 15.9 Å². The molecule has 0 aliphatic heterocycles. The van der Waals surface area contributed by atoms with Gasteiger partial charge in [0.2, 0.25) is 0 Å². The molecule has 6 nitrogen and oxygen atoms in total. The highest BCUT2D eigenvalue weighted by molar-refractivity contribution is 9.10. The fourth-order valence-corrected chi connectivity index (χ4v) is 4.74. The molecule has 0 aliphatic carbocycles. The highest BCUT2D eigenvalue weighted by atomic mass is 79.9. The second-order valence-electron chi connectivity index (χ2n) is 6.35. The first-order chi connectivity index (χ1) is 13.4. The Labute approximate surface area is 171 Å². The van der Waals surface area contributed by atoms with Crippen molar-refractivity contribution >= 4 is 37.6 Å². The molecule has 0 bridgehead atoms. The third-order valence-electron chi connectivity index (χ3n) is 4.62. The smallest absolute Gasteiger partial charge is 0.137 e. The van der Waals surface area contributed by atoms with E-state index < -0.39 is 10.8 Å². The fourth-order valence-electron chi connectivity index (χ4n) is 3.13. The van der Waals surface area contributed by atoms with Crippen LogP contribution in [0, 0.1) is 5.82 Å². The normalized spacial score (nSPS) is 12.5. The van der Waals surface area contributed by atoms with Gasteiger partial charge in [0.25, 0.3) is 0 Å². The van der Waals surface area contributed by atoms with Gasteiger partial charge in [0.1, 0.15) is 24.2 Å². The summed E-state index contributed by atoms with van der Waals surface area (Å²) in [6.07, 6.45) is 3.02. The predicted octanol–water partition coefficient (Wildman–Crippen LogP) is 3.73. The Morgan fingerprint density at radius 2 is 2.00 bits per heavy atom. The Hall–Kier alpha value is -2.52. The van der Waals surface area contributed by atoms with E-state index in [-0.39, 0.29) is 17.3 Å². The molecular weight excluding hydrogens is 447 g/mol. The topological polar surface area (TPSA) is 72.9 Å². The van der Waals surface area contributed by atoms with Crippen LogP contribution in [0.3, 0.4) is 0 Å². The number of benzene rings is 2. The van der Waals surface area contributed by atoms with Crippen LogP contribution in [0.15, 0.2) is 58.4 Å². The van der Waals surface area contributed by atoms with Crippen LogP contribution < -0.4 is 0 Å². The Balaban J connectivity index is 1.75. The molecule has 4 rings (SSSR count). The van der Waals surface area contributed by atoms with Gasteiger partial charge in [-0.05, 0) is 52.3 Å². The third kappa shape index (κ3) is 3.47. The number of halogens is 2. The van der Waals surface area contributed by atoms with Crippen LogP contribution in [-0.4, -0.2) is 28.6 Å². The van der Waals surface area contributed by atoms with Crippen LogP contribution in [0.2, 0.25) is 0 Å². The minimum Gasteiger partial charge on any atom is -0.506 e. The zero-order valence-corrected chi connectivity index (χ0v) is 17.2. The lowest BCUT2D eigenvalue weighted by atomic mass is 10.1. The van der Waals surface area contributed by atoms with E-state index in [1.165, 1.54) is 30.6 Å². The van der Waals surface area contributed by atoms with Crippen molar-refractivity contribution in [1.82, 2.24) is 19.3 Å². The summed E-state index contributed by atoms with van der Waals surface area (Å²) in [7, 11) is 0.573. The monoisotopic (exact) mass is 462 g/mol. The summed E-state index contributed by atoms with van der Waals surface area (Å²) in [6, 6.07) is 9.44. The summed E-state index contributed by atoms with van der Waals surface area (Å²) in [4.78, 5) is 4.51. The molecule has 28 heavy (non-hydrogen) atoms. The second kappa shape index (κ2) is 7.48. The van der Waals surface area contributed by atoms with E-state index in [9.17, 15) is 13.7 Å². The van der Waals surface area contributed by atoms with E-state index in [4.69, 9.17) is 0 Å². The molecule has 0 saturated carbocycles. The fraction of sp³-hybridized carbons (Fsp3) is 0.158. The van der Waals surface area contributed by atoms with Crippen molar-refractivity contribution in [2.45, 2.75) is 17.2 Å².